The van der Waals surface area contributed by atoms with E-state index in [0.29, 0.717) is 17.9 Å². The van der Waals surface area contributed by atoms with E-state index in [0.717, 1.165) is 27.9 Å². The molecular formula is C20H17N3O3. The van der Waals surface area contributed by atoms with Gasteiger partial charge in [-0.15, -0.1) is 0 Å². The molecule has 0 spiro atoms. The van der Waals surface area contributed by atoms with Crippen LogP contribution in [0.5, 0.6) is 0 Å². The summed E-state index contributed by atoms with van der Waals surface area (Å²) >= 11 is 0. The van der Waals surface area contributed by atoms with Crippen molar-refractivity contribution >= 4 is 16.8 Å². The molecule has 0 aliphatic rings. The molecule has 0 bridgehead atoms. The van der Waals surface area contributed by atoms with Crippen LogP contribution in [0.15, 0.2) is 63.6 Å². The van der Waals surface area contributed by atoms with E-state index >= 15 is 0 Å². The molecule has 1 amide bonds. The molecule has 2 aromatic carbocycles. The zero-order valence-electron chi connectivity index (χ0n) is 14.5. The summed E-state index contributed by atoms with van der Waals surface area (Å²) in [5, 5.41) is 8.83. The lowest BCUT2D eigenvalue weighted by atomic mass is 10.1. The van der Waals surface area contributed by atoms with Gasteiger partial charge >= 0.3 is 0 Å². The molecule has 0 aliphatic carbocycles. The van der Waals surface area contributed by atoms with Crippen LogP contribution >= 0.6 is 0 Å². The second-order valence-electron chi connectivity index (χ2n) is 6.20. The van der Waals surface area contributed by atoms with Crippen LogP contribution in [-0.2, 0) is 6.54 Å². The molecular weight excluding hydrogens is 330 g/mol. The van der Waals surface area contributed by atoms with Crippen LogP contribution in [0.3, 0.4) is 0 Å². The van der Waals surface area contributed by atoms with Crippen molar-refractivity contribution < 1.29 is 13.8 Å². The summed E-state index contributed by atoms with van der Waals surface area (Å²) in [5.41, 5.74) is 2.93. The minimum atomic E-state index is -0.104. The maximum atomic E-state index is 12.8. The molecule has 6 nitrogen and oxygen atoms in total. The number of fused-ring (bicyclic) bond motifs is 1. The maximum Gasteiger partial charge on any atom is 0.253 e. The third-order valence-electron chi connectivity index (χ3n) is 4.18. The van der Waals surface area contributed by atoms with Crippen LogP contribution in [0.25, 0.3) is 22.2 Å². The predicted molar refractivity (Wildman–Crippen MR) is 96.5 cm³/mol. The molecule has 2 aromatic heterocycles. The fourth-order valence-electron chi connectivity index (χ4n) is 2.90. The van der Waals surface area contributed by atoms with Gasteiger partial charge in [-0.2, -0.15) is 0 Å². The van der Waals surface area contributed by atoms with Gasteiger partial charge in [0, 0.05) is 24.2 Å². The molecule has 0 aliphatic heterocycles. The Balaban J connectivity index is 1.65. The monoisotopic (exact) mass is 347 g/mol. The molecule has 0 radical (unpaired) electrons. The first kappa shape index (κ1) is 16.1. The average molecular weight is 347 g/mol. The van der Waals surface area contributed by atoms with Gasteiger partial charge in [0.1, 0.15) is 17.0 Å². The summed E-state index contributed by atoms with van der Waals surface area (Å²) in [5.74, 6) is 1.28. The topological polar surface area (TPSA) is 72.4 Å². The van der Waals surface area contributed by atoms with Gasteiger partial charge in [0.25, 0.3) is 5.91 Å². The van der Waals surface area contributed by atoms with E-state index in [1.54, 1.807) is 24.1 Å². The number of hydrogen-bond donors (Lipinski definition) is 0. The van der Waals surface area contributed by atoms with E-state index in [4.69, 9.17) is 9.05 Å². The van der Waals surface area contributed by atoms with Crippen molar-refractivity contribution in [3.63, 3.8) is 0 Å². The number of benzene rings is 2. The second-order valence-corrected chi connectivity index (χ2v) is 6.20. The van der Waals surface area contributed by atoms with E-state index in [2.05, 4.69) is 10.3 Å². The Morgan fingerprint density at radius 1 is 1.04 bits per heavy atom. The van der Waals surface area contributed by atoms with Crippen molar-refractivity contribution in [2.75, 3.05) is 7.05 Å². The van der Waals surface area contributed by atoms with Gasteiger partial charge in [0.15, 0.2) is 5.76 Å². The van der Waals surface area contributed by atoms with Gasteiger partial charge in [0.05, 0.1) is 11.9 Å². The highest BCUT2D eigenvalue weighted by atomic mass is 16.5. The SMILES string of the molecule is Cc1cc(CN(C)C(=O)c2ccc3noc(-c4ccccc4)c3c2)no1. The Kier molecular flexibility index (Phi) is 4.01. The van der Waals surface area contributed by atoms with Crippen LogP contribution in [-0.4, -0.2) is 28.2 Å². The molecule has 4 aromatic rings. The molecule has 0 atom stereocenters. The molecule has 0 unspecified atom stereocenters. The summed E-state index contributed by atoms with van der Waals surface area (Å²) in [6.45, 7) is 2.20. The van der Waals surface area contributed by atoms with E-state index in [-0.39, 0.29) is 5.91 Å². The lowest BCUT2D eigenvalue weighted by Crippen LogP contribution is -2.26. The largest absolute Gasteiger partial charge is 0.361 e. The molecule has 26 heavy (non-hydrogen) atoms. The number of amides is 1. The number of hydrogen-bond acceptors (Lipinski definition) is 5. The zero-order valence-corrected chi connectivity index (χ0v) is 14.5. The molecule has 4 rings (SSSR count). The van der Waals surface area contributed by atoms with Gasteiger partial charge < -0.3 is 13.9 Å². The molecule has 0 saturated heterocycles. The van der Waals surface area contributed by atoms with Gasteiger partial charge in [-0.25, -0.2) is 0 Å². The van der Waals surface area contributed by atoms with Crippen LogP contribution in [0, 0.1) is 6.92 Å². The van der Waals surface area contributed by atoms with E-state index < -0.39 is 0 Å². The first-order valence-corrected chi connectivity index (χ1v) is 8.24. The van der Waals surface area contributed by atoms with E-state index in [9.17, 15) is 4.79 Å². The Morgan fingerprint density at radius 2 is 1.85 bits per heavy atom. The van der Waals surface area contributed by atoms with Crippen LogP contribution in [0.4, 0.5) is 0 Å². The van der Waals surface area contributed by atoms with Crippen molar-refractivity contribution in [2.45, 2.75) is 13.5 Å². The van der Waals surface area contributed by atoms with Crippen molar-refractivity contribution in [1.82, 2.24) is 15.2 Å². The van der Waals surface area contributed by atoms with Gasteiger partial charge in [-0.05, 0) is 25.1 Å². The Hall–Kier alpha value is -3.41. The van der Waals surface area contributed by atoms with Crippen molar-refractivity contribution in [3.8, 4) is 11.3 Å². The summed E-state index contributed by atoms with van der Waals surface area (Å²) in [6, 6.07) is 16.9. The summed E-state index contributed by atoms with van der Waals surface area (Å²) < 4.78 is 10.6. The summed E-state index contributed by atoms with van der Waals surface area (Å²) in [7, 11) is 1.74. The predicted octanol–water partition coefficient (Wildman–Crippen LogP) is 4.06. The average Bonchev–Trinajstić information content (AvgIpc) is 3.27. The van der Waals surface area contributed by atoms with E-state index in [1.807, 2.05) is 49.4 Å². The number of carbonyl (C=O) groups excluding carboxylic acids is 1. The van der Waals surface area contributed by atoms with Crippen molar-refractivity contribution in [3.05, 3.63) is 71.6 Å². The van der Waals surface area contributed by atoms with Gasteiger partial charge in [0.2, 0.25) is 0 Å². The molecule has 0 fully saturated rings. The molecule has 0 N–H and O–H groups in total. The standard InChI is InChI=1S/C20H17N3O3/c1-13-10-16(21-25-13)12-23(2)20(24)15-8-9-18-17(11-15)19(26-22-18)14-6-4-3-5-7-14/h3-11H,12H2,1-2H3. The van der Waals surface area contributed by atoms with Crippen LogP contribution in [0.1, 0.15) is 21.8 Å². The van der Waals surface area contributed by atoms with Gasteiger partial charge in [-0.3, -0.25) is 4.79 Å². The van der Waals surface area contributed by atoms with Crippen molar-refractivity contribution in [2.24, 2.45) is 0 Å². The second kappa shape index (κ2) is 6.48. The third-order valence-corrected chi connectivity index (χ3v) is 4.18. The van der Waals surface area contributed by atoms with Gasteiger partial charge in [-0.1, -0.05) is 40.6 Å². The van der Waals surface area contributed by atoms with E-state index in [1.165, 1.54) is 0 Å². The molecule has 0 saturated carbocycles. The lowest BCUT2D eigenvalue weighted by molar-refractivity contribution is 0.0782. The number of aryl methyl sites for hydroxylation is 1. The Morgan fingerprint density at radius 3 is 2.58 bits per heavy atom. The minimum Gasteiger partial charge on any atom is -0.361 e. The molecule has 6 heteroatoms. The van der Waals surface area contributed by atoms with Crippen molar-refractivity contribution in [1.29, 1.82) is 0 Å². The number of nitrogens with zero attached hydrogens (tertiary/aromatic N) is 3. The first-order valence-electron chi connectivity index (χ1n) is 8.24. The number of carbonyl (C=O) groups is 1. The number of rotatable bonds is 4. The summed E-state index contributed by atoms with van der Waals surface area (Å²) in [4.78, 5) is 14.4. The third kappa shape index (κ3) is 2.97. The normalized spacial score (nSPS) is 11.0. The summed E-state index contributed by atoms with van der Waals surface area (Å²) in [6.07, 6.45) is 0. The highest BCUT2D eigenvalue weighted by molar-refractivity contribution is 6.00. The minimum absolute atomic E-state index is 0.104. The van der Waals surface area contributed by atoms with Crippen LogP contribution in [0.2, 0.25) is 0 Å². The maximum absolute atomic E-state index is 12.8. The lowest BCUT2D eigenvalue weighted by Gasteiger charge is -2.15. The number of aromatic nitrogens is 2. The zero-order chi connectivity index (χ0) is 18.1. The highest BCUT2D eigenvalue weighted by Gasteiger charge is 2.17. The molecule has 130 valence electrons. The van der Waals surface area contributed by atoms with Crippen LogP contribution < -0.4 is 0 Å². The Bertz CT molecular complexity index is 1070. The Labute approximate surface area is 150 Å². The highest BCUT2D eigenvalue weighted by Crippen LogP contribution is 2.29. The first-order chi connectivity index (χ1) is 12.6. The quantitative estimate of drug-likeness (QED) is 0.556. The molecule has 2 heterocycles. The fourth-order valence-corrected chi connectivity index (χ4v) is 2.90. The fraction of sp³-hybridized carbons (Fsp3) is 0.150. The smallest absolute Gasteiger partial charge is 0.253 e.